The van der Waals surface area contributed by atoms with Crippen LogP contribution in [-0.2, 0) is 11.2 Å². The number of hydrazone groups is 1. The van der Waals surface area contributed by atoms with E-state index in [4.69, 9.17) is 18.9 Å². The fourth-order valence-corrected chi connectivity index (χ4v) is 3.95. The van der Waals surface area contributed by atoms with Crippen LogP contribution in [0.2, 0.25) is 0 Å². The van der Waals surface area contributed by atoms with Crippen LogP contribution >= 0.6 is 0 Å². The second-order valence-electron chi connectivity index (χ2n) is 8.83. The van der Waals surface area contributed by atoms with Gasteiger partial charge in [-0.2, -0.15) is 5.10 Å². The van der Waals surface area contributed by atoms with E-state index in [9.17, 15) is 14.4 Å². The molecule has 0 aliphatic heterocycles. The molecule has 0 heterocycles. The summed E-state index contributed by atoms with van der Waals surface area (Å²) in [6.45, 7) is 0. The van der Waals surface area contributed by atoms with E-state index in [1.165, 1.54) is 39.7 Å². The topological polar surface area (TPSA) is 125 Å². The van der Waals surface area contributed by atoms with Crippen molar-refractivity contribution in [2.75, 3.05) is 26.6 Å². The van der Waals surface area contributed by atoms with Crippen LogP contribution in [0.5, 0.6) is 23.0 Å². The Labute approximate surface area is 242 Å². The minimum absolute atomic E-state index is 0.160. The molecule has 0 aliphatic carbocycles. The van der Waals surface area contributed by atoms with Gasteiger partial charge in [0, 0.05) is 16.8 Å². The van der Waals surface area contributed by atoms with Crippen molar-refractivity contribution >= 4 is 29.7 Å². The Kier molecular flexibility index (Phi) is 9.87. The third-order valence-electron chi connectivity index (χ3n) is 6.03. The molecule has 2 amide bonds. The highest BCUT2D eigenvalue weighted by Crippen LogP contribution is 2.38. The standard InChI is InChI=1S/C32H29N3O7/c1-39-27-18-24(19-28(40-2)30(27)41-3)32(38)42-26-12-8-7-11-23(26)20-33-35-31(37)22-13-15-25(16-14-22)34-29(36)17-21-9-5-4-6-10-21/h4-16,18-20H,17H2,1-3H3,(H,34,36)(H,35,37)/b33-20-. The smallest absolute Gasteiger partial charge is 0.343 e. The first-order chi connectivity index (χ1) is 20.4. The molecule has 4 aromatic rings. The van der Waals surface area contributed by atoms with E-state index >= 15 is 0 Å². The summed E-state index contributed by atoms with van der Waals surface area (Å²) in [6, 6.07) is 25.5. The molecular formula is C32H29N3O7. The number of rotatable bonds is 11. The lowest BCUT2D eigenvalue weighted by Crippen LogP contribution is -2.18. The van der Waals surface area contributed by atoms with Crippen molar-refractivity contribution in [2.45, 2.75) is 6.42 Å². The molecule has 0 unspecified atom stereocenters. The average molecular weight is 568 g/mol. The number of nitrogens with zero attached hydrogens (tertiary/aromatic N) is 1. The zero-order valence-electron chi connectivity index (χ0n) is 23.2. The maximum Gasteiger partial charge on any atom is 0.343 e. The molecule has 4 aromatic carbocycles. The second-order valence-corrected chi connectivity index (χ2v) is 8.83. The van der Waals surface area contributed by atoms with Crippen LogP contribution in [0, 0.1) is 0 Å². The molecule has 10 nitrogen and oxygen atoms in total. The molecule has 0 saturated carbocycles. The van der Waals surface area contributed by atoms with Gasteiger partial charge in [-0.05, 0) is 54.1 Å². The van der Waals surface area contributed by atoms with Gasteiger partial charge in [0.15, 0.2) is 11.5 Å². The van der Waals surface area contributed by atoms with Crippen LogP contribution in [0.15, 0.2) is 96.1 Å². The van der Waals surface area contributed by atoms with Gasteiger partial charge < -0.3 is 24.3 Å². The predicted molar refractivity (Wildman–Crippen MR) is 158 cm³/mol. The Morgan fingerprint density at radius 2 is 1.38 bits per heavy atom. The Hall–Kier alpha value is -5.64. The Balaban J connectivity index is 1.37. The molecule has 0 saturated heterocycles. The van der Waals surface area contributed by atoms with Crippen LogP contribution in [-0.4, -0.2) is 45.3 Å². The van der Waals surface area contributed by atoms with Gasteiger partial charge in [0.1, 0.15) is 5.75 Å². The largest absolute Gasteiger partial charge is 0.493 e. The SMILES string of the molecule is COc1cc(C(=O)Oc2ccccc2/C=N\NC(=O)c2ccc(NC(=O)Cc3ccccc3)cc2)cc(OC)c1OC. The lowest BCUT2D eigenvalue weighted by Gasteiger charge is -2.14. The number of hydrogen-bond acceptors (Lipinski definition) is 8. The number of benzene rings is 4. The summed E-state index contributed by atoms with van der Waals surface area (Å²) in [5, 5.41) is 6.82. The lowest BCUT2D eigenvalue weighted by molar-refractivity contribution is -0.115. The molecule has 214 valence electrons. The maximum atomic E-state index is 12.9. The number of carbonyl (C=O) groups is 3. The summed E-state index contributed by atoms with van der Waals surface area (Å²) >= 11 is 0. The van der Waals surface area contributed by atoms with Crippen molar-refractivity contribution in [2.24, 2.45) is 5.10 Å². The summed E-state index contributed by atoms with van der Waals surface area (Å²) in [5.74, 6) is -0.0805. The fourth-order valence-electron chi connectivity index (χ4n) is 3.95. The fraction of sp³-hybridized carbons (Fsp3) is 0.125. The summed E-state index contributed by atoms with van der Waals surface area (Å²) < 4.78 is 21.5. The molecule has 0 atom stereocenters. The molecule has 0 bridgehead atoms. The number of para-hydroxylation sites is 1. The van der Waals surface area contributed by atoms with E-state index in [-0.39, 0.29) is 23.6 Å². The molecule has 2 N–H and O–H groups in total. The van der Waals surface area contributed by atoms with E-state index in [0.717, 1.165) is 5.56 Å². The van der Waals surface area contributed by atoms with Crippen LogP contribution in [0.25, 0.3) is 0 Å². The summed E-state index contributed by atoms with van der Waals surface area (Å²) in [6.07, 6.45) is 1.62. The van der Waals surface area contributed by atoms with E-state index in [0.29, 0.717) is 34.1 Å². The van der Waals surface area contributed by atoms with Crippen molar-refractivity contribution in [1.82, 2.24) is 5.43 Å². The summed E-state index contributed by atoms with van der Waals surface area (Å²) in [5.41, 5.74) is 4.90. The van der Waals surface area contributed by atoms with Gasteiger partial charge in [0.2, 0.25) is 11.7 Å². The zero-order chi connectivity index (χ0) is 29.9. The number of amides is 2. The van der Waals surface area contributed by atoms with Crippen molar-refractivity contribution in [1.29, 1.82) is 0 Å². The molecule has 10 heteroatoms. The number of carbonyl (C=O) groups excluding carboxylic acids is 3. The lowest BCUT2D eigenvalue weighted by atomic mass is 10.1. The number of ether oxygens (including phenoxy) is 4. The van der Waals surface area contributed by atoms with Gasteiger partial charge in [-0.3, -0.25) is 9.59 Å². The monoisotopic (exact) mass is 567 g/mol. The maximum absolute atomic E-state index is 12.9. The first-order valence-corrected chi connectivity index (χ1v) is 12.8. The number of methoxy groups -OCH3 is 3. The zero-order valence-corrected chi connectivity index (χ0v) is 23.2. The van der Waals surface area contributed by atoms with Crippen LogP contribution in [0.4, 0.5) is 5.69 Å². The van der Waals surface area contributed by atoms with Crippen LogP contribution < -0.4 is 29.7 Å². The quantitative estimate of drug-likeness (QED) is 0.115. The normalized spacial score (nSPS) is 10.5. The molecular weight excluding hydrogens is 538 g/mol. The molecule has 0 aromatic heterocycles. The van der Waals surface area contributed by atoms with Gasteiger partial charge in [-0.25, -0.2) is 10.2 Å². The molecule has 0 aliphatic rings. The number of nitrogens with one attached hydrogen (secondary N) is 2. The van der Waals surface area contributed by atoms with E-state index in [1.807, 2.05) is 30.3 Å². The highest BCUT2D eigenvalue weighted by molar-refractivity contribution is 5.97. The second kappa shape index (κ2) is 14.1. The molecule has 0 spiro atoms. The minimum Gasteiger partial charge on any atom is -0.493 e. The van der Waals surface area contributed by atoms with Crippen LogP contribution in [0.3, 0.4) is 0 Å². The number of anilines is 1. The van der Waals surface area contributed by atoms with Gasteiger partial charge >= 0.3 is 5.97 Å². The van der Waals surface area contributed by atoms with Gasteiger partial charge in [0.05, 0.1) is 39.5 Å². The first-order valence-electron chi connectivity index (χ1n) is 12.8. The highest BCUT2D eigenvalue weighted by Gasteiger charge is 2.19. The van der Waals surface area contributed by atoms with E-state index in [1.54, 1.807) is 48.5 Å². The van der Waals surface area contributed by atoms with Crippen molar-refractivity contribution in [3.63, 3.8) is 0 Å². The highest BCUT2D eigenvalue weighted by atomic mass is 16.5. The third kappa shape index (κ3) is 7.51. The molecule has 42 heavy (non-hydrogen) atoms. The Morgan fingerprint density at radius 3 is 2.02 bits per heavy atom. The van der Waals surface area contributed by atoms with Crippen molar-refractivity contribution < 1.29 is 33.3 Å². The Bertz CT molecular complexity index is 1560. The summed E-state index contributed by atoms with van der Waals surface area (Å²) in [7, 11) is 4.37. The molecule has 0 radical (unpaired) electrons. The van der Waals surface area contributed by atoms with Gasteiger partial charge in [0.25, 0.3) is 5.91 Å². The summed E-state index contributed by atoms with van der Waals surface area (Å²) in [4.78, 5) is 37.8. The van der Waals surface area contributed by atoms with E-state index < -0.39 is 11.9 Å². The number of hydrogen-bond donors (Lipinski definition) is 2. The Morgan fingerprint density at radius 1 is 0.738 bits per heavy atom. The molecule has 0 fully saturated rings. The van der Waals surface area contributed by atoms with Crippen LogP contribution in [0.1, 0.15) is 31.8 Å². The minimum atomic E-state index is -0.657. The van der Waals surface area contributed by atoms with Gasteiger partial charge in [-0.1, -0.05) is 42.5 Å². The van der Waals surface area contributed by atoms with Gasteiger partial charge in [-0.15, -0.1) is 0 Å². The number of esters is 1. The predicted octanol–water partition coefficient (Wildman–Crippen LogP) is 4.88. The first kappa shape index (κ1) is 29.3. The third-order valence-corrected chi connectivity index (χ3v) is 6.03. The molecule has 4 rings (SSSR count). The van der Waals surface area contributed by atoms with Crippen molar-refractivity contribution in [3.05, 3.63) is 113 Å². The van der Waals surface area contributed by atoms with E-state index in [2.05, 4.69) is 15.8 Å². The average Bonchev–Trinajstić information content (AvgIpc) is 3.01. The van der Waals surface area contributed by atoms with Crippen molar-refractivity contribution in [3.8, 4) is 23.0 Å².